The Kier molecular flexibility index (Phi) is 7.38. The Morgan fingerprint density at radius 1 is 0.615 bits per heavy atom. The Morgan fingerprint density at radius 2 is 1.15 bits per heavy atom. The molecule has 0 N–H and O–H groups in total. The lowest BCUT2D eigenvalue weighted by Gasteiger charge is -2.13. The number of aromatic nitrogens is 2. The van der Waals surface area contributed by atoms with Gasteiger partial charge in [0.05, 0.1) is 37.5 Å². The fourth-order valence-corrected chi connectivity index (χ4v) is 5.18. The molecule has 0 radical (unpaired) electrons. The molecule has 0 fully saturated rings. The van der Waals surface area contributed by atoms with Crippen LogP contribution in [0, 0.1) is 37.1 Å². The monoisotopic (exact) mass is 586 g/mol. The highest BCUT2D eigenvalue weighted by molar-refractivity contribution is 6.39. The van der Waals surface area contributed by atoms with E-state index in [4.69, 9.17) is 34.8 Å². The van der Waals surface area contributed by atoms with Gasteiger partial charge in [-0.05, 0) is 30.2 Å². The molecule has 0 aliphatic heterocycles. The van der Waals surface area contributed by atoms with E-state index in [-0.39, 0.29) is 37.0 Å². The first kappa shape index (κ1) is 27.1. The van der Waals surface area contributed by atoms with Crippen LogP contribution in [-0.4, -0.2) is 9.97 Å². The average Bonchev–Trinajstić information content (AvgIpc) is 2.88. The zero-order valence-electron chi connectivity index (χ0n) is 20.4. The van der Waals surface area contributed by atoms with Gasteiger partial charge in [-0.25, -0.2) is 27.5 Å². The lowest BCUT2D eigenvalue weighted by Crippen LogP contribution is -1.96. The predicted octanol–water partition coefficient (Wildman–Crippen LogP) is 10.4. The summed E-state index contributed by atoms with van der Waals surface area (Å²) in [5.41, 5.74) is 3.01. The molecule has 2 aromatic heterocycles. The molecule has 0 aliphatic rings. The molecule has 2 nitrogen and oxygen atoms in total. The summed E-state index contributed by atoms with van der Waals surface area (Å²) in [6.45, 7) is 3.43. The molecule has 9 heteroatoms. The minimum Gasteiger partial charge on any atom is -0.247 e. The zero-order valence-corrected chi connectivity index (χ0v) is 22.7. The molecule has 0 aliphatic carbocycles. The van der Waals surface area contributed by atoms with Gasteiger partial charge in [0, 0.05) is 35.4 Å². The van der Waals surface area contributed by atoms with Crippen LogP contribution in [-0.2, 0) is 0 Å². The number of fused-ring (bicyclic) bond motifs is 3. The first-order chi connectivity index (χ1) is 18.6. The lowest BCUT2D eigenvalue weighted by atomic mass is 9.98. The van der Waals surface area contributed by atoms with Gasteiger partial charge < -0.3 is 0 Å². The summed E-state index contributed by atoms with van der Waals surface area (Å²) in [7, 11) is 0. The van der Waals surface area contributed by atoms with Crippen molar-refractivity contribution in [3.8, 4) is 11.3 Å². The lowest BCUT2D eigenvalue weighted by molar-refractivity contribution is 0.590. The van der Waals surface area contributed by atoms with Gasteiger partial charge >= 0.3 is 0 Å². The Labute approximate surface area is 235 Å². The fourth-order valence-electron chi connectivity index (χ4n) is 4.39. The standard InChI is InChI=1S/C20H12ClF2N.C10H5Cl2F2N/c1-11-19(21)18-16(23)9-13(22)10-17(18)24-20(11)15-8-4-6-12-5-2-3-7-14(12)15;1-4-9(11)8-6(14)2-5(13)3-7(8)15-10(4)12/h2-10H,1H3;2-3H,1H3. The van der Waals surface area contributed by atoms with Crippen LogP contribution in [0.1, 0.15) is 11.1 Å². The first-order valence-electron chi connectivity index (χ1n) is 11.6. The van der Waals surface area contributed by atoms with Crippen LogP contribution < -0.4 is 0 Å². The fraction of sp³-hybridized carbons (Fsp3) is 0.0667. The normalized spacial score (nSPS) is 11.2. The van der Waals surface area contributed by atoms with Crippen LogP contribution in [0.2, 0.25) is 15.2 Å². The molecule has 2 heterocycles. The Hall–Kier alpha value is -3.45. The highest BCUT2D eigenvalue weighted by Gasteiger charge is 2.17. The number of benzene rings is 4. The smallest absolute Gasteiger partial charge is 0.137 e. The third-order valence-electron chi connectivity index (χ3n) is 6.33. The molecule has 39 heavy (non-hydrogen) atoms. The van der Waals surface area contributed by atoms with E-state index in [0.717, 1.165) is 34.5 Å². The van der Waals surface area contributed by atoms with Gasteiger partial charge in [0.2, 0.25) is 0 Å². The summed E-state index contributed by atoms with van der Waals surface area (Å²) in [5, 5.41) is 2.92. The van der Waals surface area contributed by atoms with Gasteiger partial charge in [-0.2, -0.15) is 0 Å². The summed E-state index contributed by atoms with van der Waals surface area (Å²) in [5.74, 6) is -2.81. The minimum absolute atomic E-state index is 0.0972. The molecule has 0 saturated carbocycles. The Balaban J connectivity index is 0.000000177. The molecule has 0 bridgehead atoms. The van der Waals surface area contributed by atoms with Crippen molar-refractivity contribution in [1.29, 1.82) is 0 Å². The van der Waals surface area contributed by atoms with E-state index in [1.165, 1.54) is 6.07 Å². The van der Waals surface area contributed by atoms with Crippen molar-refractivity contribution in [2.45, 2.75) is 13.8 Å². The maximum atomic E-state index is 14.1. The van der Waals surface area contributed by atoms with E-state index in [9.17, 15) is 17.6 Å². The minimum atomic E-state index is -0.734. The number of pyridine rings is 2. The number of hydrogen-bond donors (Lipinski definition) is 0. The predicted molar refractivity (Wildman–Crippen MR) is 151 cm³/mol. The summed E-state index contributed by atoms with van der Waals surface area (Å²) >= 11 is 18.0. The molecular weight excluding hydrogens is 571 g/mol. The molecule has 196 valence electrons. The van der Waals surface area contributed by atoms with Gasteiger partial charge in [-0.1, -0.05) is 77.3 Å². The third-order valence-corrected chi connectivity index (χ3v) is 7.64. The van der Waals surface area contributed by atoms with Crippen LogP contribution in [0.25, 0.3) is 43.8 Å². The Bertz CT molecular complexity index is 1920. The van der Waals surface area contributed by atoms with E-state index in [1.54, 1.807) is 13.8 Å². The van der Waals surface area contributed by atoms with Crippen molar-refractivity contribution < 1.29 is 17.6 Å². The van der Waals surface area contributed by atoms with Crippen LogP contribution in [0.3, 0.4) is 0 Å². The van der Waals surface area contributed by atoms with Crippen molar-refractivity contribution in [3.63, 3.8) is 0 Å². The quantitative estimate of drug-likeness (QED) is 0.141. The zero-order chi connectivity index (χ0) is 28.0. The van der Waals surface area contributed by atoms with Crippen molar-refractivity contribution in [2.24, 2.45) is 0 Å². The van der Waals surface area contributed by atoms with Gasteiger partial charge in [0.25, 0.3) is 0 Å². The third kappa shape index (κ3) is 5.00. The summed E-state index contributed by atoms with van der Waals surface area (Å²) in [6.07, 6.45) is 0. The second kappa shape index (κ2) is 10.6. The van der Waals surface area contributed by atoms with Gasteiger partial charge in [-0.3, -0.25) is 0 Å². The van der Waals surface area contributed by atoms with Crippen LogP contribution in [0.15, 0.2) is 66.7 Å². The number of hydrogen-bond acceptors (Lipinski definition) is 2. The van der Waals surface area contributed by atoms with Crippen molar-refractivity contribution in [3.05, 3.63) is 116 Å². The van der Waals surface area contributed by atoms with E-state index in [2.05, 4.69) is 9.97 Å². The SMILES string of the molecule is Cc1c(-c2cccc3ccccc23)nc2cc(F)cc(F)c2c1Cl.Cc1c(Cl)nc2cc(F)cc(F)c2c1Cl. The second-order valence-electron chi connectivity index (χ2n) is 8.83. The molecule has 4 aromatic carbocycles. The number of rotatable bonds is 1. The maximum absolute atomic E-state index is 14.1. The van der Waals surface area contributed by atoms with Gasteiger partial charge in [0.1, 0.15) is 28.4 Å². The van der Waals surface area contributed by atoms with Gasteiger partial charge in [0.15, 0.2) is 0 Å². The number of halogens is 7. The molecule has 0 atom stereocenters. The van der Waals surface area contributed by atoms with E-state index < -0.39 is 23.3 Å². The molecule has 6 rings (SSSR count). The van der Waals surface area contributed by atoms with E-state index >= 15 is 0 Å². The maximum Gasteiger partial charge on any atom is 0.137 e. The van der Waals surface area contributed by atoms with Crippen LogP contribution in [0.4, 0.5) is 17.6 Å². The molecule has 0 amide bonds. The van der Waals surface area contributed by atoms with Crippen LogP contribution >= 0.6 is 34.8 Å². The average molecular weight is 588 g/mol. The Morgan fingerprint density at radius 3 is 1.79 bits per heavy atom. The second-order valence-corrected chi connectivity index (χ2v) is 9.95. The topological polar surface area (TPSA) is 25.8 Å². The van der Waals surface area contributed by atoms with E-state index in [0.29, 0.717) is 16.8 Å². The first-order valence-corrected chi connectivity index (χ1v) is 12.7. The van der Waals surface area contributed by atoms with Crippen molar-refractivity contribution >= 4 is 67.4 Å². The molecule has 0 spiro atoms. The highest BCUT2D eigenvalue weighted by atomic mass is 35.5. The molecule has 0 saturated heterocycles. The molecule has 6 aromatic rings. The van der Waals surface area contributed by atoms with Gasteiger partial charge in [-0.15, -0.1) is 0 Å². The summed E-state index contributed by atoms with van der Waals surface area (Å²) in [4.78, 5) is 8.37. The summed E-state index contributed by atoms with van der Waals surface area (Å²) in [6, 6.07) is 17.7. The van der Waals surface area contributed by atoms with Crippen molar-refractivity contribution in [2.75, 3.05) is 0 Å². The van der Waals surface area contributed by atoms with E-state index in [1.807, 2.05) is 42.5 Å². The largest absolute Gasteiger partial charge is 0.247 e. The molecular formula is C30H17Cl3F4N2. The van der Waals surface area contributed by atoms with Crippen molar-refractivity contribution in [1.82, 2.24) is 9.97 Å². The summed E-state index contributed by atoms with van der Waals surface area (Å²) < 4.78 is 54.0. The van der Waals surface area contributed by atoms with Crippen LogP contribution in [0.5, 0.6) is 0 Å². The number of nitrogens with zero attached hydrogens (tertiary/aromatic N) is 2. The molecule has 0 unspecified atom stereocenters. The highest BCUT2D eigenvalue weighted by Crippen LogP contribution is 2.37.